The average molecular weight is 604 g/mol. The number of hydrogen-bond acceptors (Lipinski definition) is 8. The van der Waals surface area contributed by atoms with Crippen molar-refractivity contribution in [2.24, 2.45) is 5.73 Å². The number of fused-ring (bicyclic) bond motifs is 2. The minimum Gasteiger partial charge on any atom is -0.465 e. The largest absolute Gasteiger partial charge is 0.465 e. The van der Waals surface area contributed by atoms with E-state index >= 15 is 0 Å². The van der Waals surface area contributed by atoms with Crippen LogP contribution in [-0.4, -0.2) is 58.4 Å². The van der Waals surface area contributed by atoms with Crippen LogP contribution in [0.1, 0.15) is 41.6 Å². The van der Waals surface area contributed by atoms with Crippen LogP contribution in [0.2, 0.25) is 0 Å². The maximum absolute atomic E-state index is 14.9. The summed E-state index contributed by atoms with van der Waals surface area (Å²) in [7, 11) is 1.20. The molecule has 0 aliphatic heterocycles. The van der Waals surface area contributed by atoms with Crippen LogP contribution in [0.5, 0.6) is 0 Å². The lowest BCUT2D eigenvalue weighted by Gasteiger charge is -2.15. The first-order chi connectivity index (χ1) is 21.5. The van der Waals surface area contributed by atoms with Gasteiger partial charge in [-0.05, 0) is 110 Å². The van der Waals surface area contributed by atoms with Gasteiger partial charge in [-0.15, -0.1) is 0 Å². The molecule has 0 bridgehead atoms. The van der Waals surface area contributed by atoms with Crippen LogP contribution in [0.15, 0.2) is 66.7 Å². The molecule has 0 radical (unpaired) electrons. The van der Waals surface area contributed by atoms with Crippen LogP contribution in [-0.2, 0) is 16.1 Å². The van der Waals surface area contributed by atoms with Gasteiger partial charge in [-0.2, -0.15) is 0 Å². The third-order valence-corrected chi connectivity index (χ3v) is 7.31. The van der Waals surface area contributed by atoms with Gasteiger partial charge in [0, 0.05) is 6.54 Å². The number of hydrogen-bond donors (Lipinski definition) is 5. The lowest BCUT2D eigenvalue weighted by molar-refractivity contribution is 0.0601. The van der Waals surface area contributed by atoms with Gasteiger partial charge in [-0.1, -0.05) is 42.5 Å². The van der Waals surface area contributed by atoms with Gasteiger partial charge in [-0.3, -0.25) is 5.32 Å². The molecule has 0 heterocycles. The predicted molar refractivity (Wildman–Crippen MR) is 175 cm³/mol. The van der Waals surface area contributed by atoms with Gasteiger partial charge < -0.3 is 31.2 Å². The fourth-order valence-corrected chi connectivity index (χ4v) is 4.95. The predicted octanol–water partition coefficient (Wildman–Crippen LogP) is 5.78. The topological polar surface area (TPSA) is 127 Å². The van der Waals surface area contributed by atoms with E-state index in [2.05, 4.69) is 39.5 Å². The summed E-state index contributed by atoms with van der Waals surface area (Å²) in [5, 5.41) is 16.6. The summed E-state index contributed by atoms with van der Waals surface area (Å²) >= 11 is 0. The number of anilines is 2. The molecule has 0 fully saturated rings. The van der Waals surface area contributed by atoms with Crippen molar-refractivity contribution in [1.29, 1.82) is 0 Å². The van der Waals surface area contributed by atoms with E-state index < -0.39 is 17.9 Å². The number of benzene rings is 4. The molecule has 4 aromatic rings. The molecule has 0 saturated heterocycles. The molecule has 0 unspecified atom stereocenters. The van der Waals surface area contributed by atoms with Crippen molar-refractivity contribution >= 4 is 45.0 Å². The Morgan fingerprint density at radius 3 is 2.18 bits per heavy atom. The highest BCUT2D eigenvalue weighted by molar-refractivity contribution is 6.01. The maximum atomic E-state index is 14.9. The number of halogens is 1. The Hall–Kier alpha value is -4.25. The summed E-state index contributed by atoms with van der Waals surface area (Å²) in [4.78, 5) is 25.2. The van der Waals surface area contributed by atoms with Crippen LogP contribution in [0.25, 0.3) is 21.5 Å². The molecular formula is C34H42FN5O4. The zero-order chi connectivity index (χ0) is 31.1. The molecule has 10 heteroatoms. The Morgan fingerprint density at radius 2 is 1.45 bits per heavy atom. The van der Waals surface area contributed by atoms with E-state index in [-0.39, 0.29) is 23.5 Å². The molecule has 44 heavy (non-hydrogen) atoms. The van der Waals surface area contributed by atoms with E-state index in [0.29, 0.717) is 13.1 Å². The molecular weight excluding hydrogens is 561 g/mol. The Bertz CT molecular complexity index is 1550. The Labute approximate surface area is 257 Å². The number of rotatable bonds is 17. The lowest BCUT2D eigenvalue weighted by Crippen LogP contribution is -2.22. The molecule has 6 N–H and O–H groups in total. The van der Waals surface area contributed by atoms with Gasteiger partial charge in [0.05, 0.1) is 24.0 Å². The zero-order valence-electron chi connectivity index (χ0n) is 25.2. The van der Waals surface area contributed by atoms with E-state index in [1.54, 1.807) is 0 Å². The summed E-state index contributed by atoms with van der Waals surface area (Å²) in [5.74, 6) is -1.40. The maximum Gasteiger partial charge on any atom is 0.411 e. The summed E-state index contributed by atoms with van der Waals surface area (Å²) in [6.45, 7) is 4.84. The number of ether oxygens (including phenoxy) is 2. The summed E-state index contributed by atoms with van der Waals surface area (Å²) in [6, 6.07) is 20.5. The minimum atomic E-state index is -0.774. The van der Waals surface area contributed by atoms with Gasteiger partial charge in [0.15, 0.2) is 0 Å². The van der Waals surface area contributed by atoms with Crippen molar-refractivity contribution < 1.29 is 23.5 Å². The average Bonchev–Trinajstić information content (AvgIpc) is 3.04. The van der Waals surface area contributed by atoms with E-state index in [4.69, 9.17) is 15.2 Å². The van der Waals surface area contributed by atoms with Crippen molar-refractivity contribution in [3.05, 3.63) is 83.7 Å². The molecule has 0 aliphatic carbocycles. The number of methoxy groups -OCH3 is 1. The first-order valence-electron chi connectivity index (χ1n) is 15.1. The third kappa shape index (κ3) is 9.37. The lowest BCUT2D eigenvalue weighted by atomic mass is 10.00. The zero-order valence-corrected chi connectivity index (χ0v) is 25.2. The second kappa shape index (κ2) is 17.1. The van der Waals surface area contributed by atoms with E-state index in [1.807, 2.05) is 36.4 Å². The number of nitrogens with one attached hydrogen (secondary N) is 4. The standard InChI is InChI=1S/C34H42FN5O4/c1-43-33(41)29-21-30(35)32(39-18-8-17-38-15-5-4-14-37-16-7-13-36)22-31(29)40-34(42)44-23-27-12-6-11-26-19-24-9-2-3-10-25(24)20-28(26)27/h2-3,6,9-12,19-22,37-39H,4-5,7-8,13-18,23,36H2,1H3,(H,40,42). The first kappa shape index (κ1) is 32.7. The number of esters is 1. The highest BCUT2D eigenvalue weighted by Gasteiger charge is 2.19. The van der Waals surface area contributed by atoms with E-state index in [1.165, 1.54) is 13.2 Å². The fraction of sp³-hybridized carbons (Fsp3) is 0.353. The highest BCUT2D eigenvalue weighted by Crippen LogP contribution is 2.28. The first-order valence-corrected chi connectivity index (χ1v) is 15.1. The van der Waals surface area contributed by atoms with Gasteiger partial charge in [0.2, 0.25) is 0 Å². The van der Waals surface area contributed by atoms with Crippen LogP contribution >= 0.6 is 0 Å². The van der Waals surface area contributed by atoms with E-state index in [9.17, 15) is 14.0 Å². The Morgan fingerprint density at radius 1 is 0.773 bits per heavy atom. The number of nitrogens with two attached hydrogens (primary N) is 1. The summed E-state index contributed by atoms with van der Waals surface area (Å²) in [6.07, 6.45) is 3.13. The molecule has 0 saturated carbocycles. The number of carbonyl (C=O) groups excluding carboxylic acids is 2. The van der Waals surface area contributed by atoms with Crippen molar-refractivity contribution in [2.45, 2.75) is 32.3 Å². The summed E-state index contributed by atoms with van der Waals surface area (Å²) in [5.41, 5.74) is 6.47. The SMILES string of the molecule is COC(=O)c1cc(F)c(NCCCNCCCCNCCCN)cc1NC(=O)OCc1cccc2cc3ccccc3cc12. The van der Waals surface area contributed by atoms with Crippen LogP contribution in [0.4, 0.5) is 20.6 Å². The molecule has 9 nitrogen and oxygen atoms in total. The van der Waals surface area contributed by atoms with Crippen molar-refractivity contribution in [2.75, 3.05) is 57.0 Å². The van der Waals surface area contributed by atoms with Crippen LogP contribution in [0.3, 0.4) is 0 Å². The minimum absolute atomic E-state index is 0.0131. The molecule has 0 atom stereocenters. The number of unbranched alkanes of at least 4 members (excludes halogenated alkanes) is 1. The Kier molecular flexibility index (Phi) is 12.7. The molecule has 0 spiro atoms. The summed E-state index contributed by atoms with van der Waals surface area (Å²) < 4.78 is 25.2. The number of amides is 1. The third-order valence-electron chi connectivity index (χ3n) is 7.31. The quantitative estimate of drug-likeness (QED) is 0.0584. The molecule has 1 amide bonds. The smallest absolute Gasteiger partial charge is 0.411 e. The van der Waals surface area contributed by atoms with Crippen LogP contribution < -0.4 is 27.0 Å². The van der Waals surface area contributed by atoms with Gasteiger partial charge in [0.25, 0.3) is 0 Å². The van der Waals surface area contributed by atoms with Crippen molar-refractivity contribution in [1.82, 2.24) is 10.6 Å². The van der Waals surface area contributed by atoms with Gasteiger partial charge in [0.1, 0.15) is 12.4 Å². The Balaban J connectivity index is 1.31. The molecule has 0 aromatic heterocycles. The van der Waals surface area contributed by atoms with Crippen molar-refractivity contribution in [3.8, 4) is 0 Å². The van der Waals surface area contributed by atoms with Crippen LogP contribution in [0, 0.1) is 5.82 Å². The molecule has 4 rings (SSSR count). The normalized spacial score (nSPS) is 11.1. The van der Waals surface area contributed by atoms with E-state index in [0.717, 1.165) is 85.0 Å². The second-order valence-electron chi connectivity index (χ2n) is 10.5. The second-order valence-corrected chi connectivity index (χ2v) is 10.5. The van der Waals surface area contributed by atoms with Gasteiger partial charge >= 0.3 is 12.1 Å². The van der Waals surface area contributed by atoms with Gasteiger partial charge in [-0.25, -0.2) is 14.0 Å². The molecule has 0 aliphatic rings. The monoisotopic (exact) mass is 603 g/mol. The fourth-order valence-electron chi connectivity index (χ4n) is 4.95. The molecule has 4 aromatic carbocycles. The number of carbonyl (C=O) groups is 2. The molecule has 234 valence electrons. The van der Waals surface area contributed by atoms with Crippen molar-refractivity contribution in [3.63, 3.8) is 0 Å². The highest BCUT2D eigenvalue weighted by atomic mass is 19.1.